The number of hydrogen-bond acceptors (Lipinski definition) is 3. The Hall–Kier alpha value is -1.71. The van der Waals surface area contributed by atoms with Gasteiger partial charge in [-0.1, -0.05) is 0 Å². The standard InChI is InChI=1S/C19H25N3O/c1-13(17-2-4-20-5-3-17)21-22-18(23)12-19-9-14-6-15(10-19)8-16(7-14)11-19/h2-5,14-16H,6-12H2,1H3,(H,22,23)/b21-13+. The SMILES string of the molecule is C/C(=N\NC(=O)CC12CC3CC(CC(C3)C1)C2)c1ccncc1. The average Bonchev–Trinajstić information content (AvgIpc) is 2.51. The molecule has 0 spiro atoms. The first-order valence-corrected chi connectivity index (χ1v) is 8.85. The van der Waals surface area contributed by atoms with Gasteiger partial charge in [0.1, 0.15) is 0 Å². The van der Waals surface area contributed by atoms with Crippen molar-refractivity contribution < 1.29 is 4.79 Å². The van der Waals surface area contributed by atoms with Gasteiger partial charge < -0.3 is 0 Å². The molecule has 0 atom stereocenters. The number of hydrazone groups is 1. The molecule has 0 radical (unpaired) electrons. The van der Waals surface area contributed by atoms with Crippen molar-refractivity contribution in [3.8, 4) is 0 Å². The molecule has 1 N–H and O–H groups in total. The fraction of sp³-hybridized carbons (Fsp3) is 0.632. The normalized spacial score (nSPS) is 35.3. The Morgan fingerprint density at radius 1 is 1.17 bits per heavy atom. The number of pyridine rings is 1. The smallest absolute Gasteiger partial charge is 0.240 e. The van der Waals surface area contributed by atoms with E-state index in [9.17, 15) is 4.79 Å². The topological polar surface area (TPSA) is 54.4 Å². The Bertz CT molecular complexity index is 587. The van der Waals surface area contributed by atoms with Gasteiger partial charge in [0.2, 0.25) is 5.91 Å². The van der Waals surface area contributed by atoms with Crippen LogP contribution in [0.2, 0.25) is 0 Å². The van der Waals surface area contributed by atoms with Crippen LogP contribution in [0.3, 0.4) is 0 Å². The number of rotatable bonds is 4. The minimum absolute atomic E-state index is 0.0837. The first-order valence-electron chi connectivity index (χ1n) is 8.85. The molecular weight excluding hydrogens is 286 g/mol. The lowest BCUT2D eigenvalue weighted by atomic mass is 9.49. The van der Waals surface area contributed by atoms with E-state index in [0.29, 0.717) is 6.42 Å². The lowest BCUT2D eigenvalue weighted by Crippen LogP contribution is -2.47. The lowest BCUT2D eigenvalue weighted by Gasteiger charge is -2.56. The second-order valence-corrected chi connectivity index (χ2v) is 8.06. The highest BCUT2D eigenvalue weighted by Gasteiger charge is 2.51. The quantitative estimate of drug-likeness (QED) is 0.683. The maximum absolute atomic E-state index is 12.4. The summed E-state index contributed by atoms with van der Waals surface area (Å²) in [5, 5.41) is 4.28. The molecule has 4 heteroatoms. The second-order valence-electron chi connectivity index (χ2n) is 8.06. The van der Waals surface area contributed by atoms with Gasteiger partial charge in [-0.2, -0.15) is 5.10 Å². The van der Waals surface area contributed by atoms with Crippen molar-refractivity contribution in [2.75, 3.05) is 0 Å². The Morgan fingerprint density at radius 3 is 2.30 bits per heavy atom. The van der Waals surface area contributed by atoms with Crippen LogP contribution in [0.25, 0.3) is 0 Å². The molecule has 5 rings (SSSR count). The van der Waals surface area contributed by atoms with Gasteiger partial charge in [-0.3, -0.25) is 9.78 Å². The highest BCUT2D eigenvalue weighted by molar-refractivity contribution is 5.99. The third-order valence-corrected chi connectivity index (χ3v) is 6.15. The monoisotopic (exact) mass is 311 g/mol. The van der Waals surface area contributed by atoms with Gasteiger partial charge in [-0.15, -0.1) is 0 Å². The minimum Gasteiger partial charge on any atom is -0.273 e. The van der Waals surface area contributed by atoms with E-state index < -0.39 is 0 Å². The van der Waals surface area contributed by atoms with Crippen LogP contribution in [-0.4, -0.2) is 16.6 Å². The highest BCUT2D eigenvalue weighted by atomic mass is 16.2. The third-order valence-electron chi connectivity index (χ3n) is 6.15. The Morgan fingerprint density at radius 2 is 1.74 bits per heavy atom. The zero-order valence-corrected chi connectivity index (χ0v) is 13.8. The summed E-state index contributed by atoms with van der Waals surface area (Å²) < 4.78 is 0. The number of carbonyl (C=O) groups excluding carboxylic acids is 1. The van der Waals surface area contributed by atoms with Gasteiger partial charge in [0.05, 0.1) is 5.71 Å². The molecule has 0 aromatic carbocycles. The molecule has 4 fully saturated rings. The Kier molecular flexibility index (Phi) is 3.70. The number of nitrogens with one attached hydrogen (secondary N) is 1. The molecule has 23 heavy (non-hydrogen) atoms. The fourth-order valence-corrected chi connectivity index (χ4v) is 5.69. The van der Waals surface area contributed by atoms with Crippen LogP contribution in [-0.2, 0) is 4.79 Å². The van der Waals surface area contributed by atoms with E-state index in [0.717, 1.165) is 29.0 Å². The van der Waals surface area contributed by atoms with Crippen molar-refractivity contribution in [2.45, 2.75) is 51.9 Å². The summed E-state index contributed by atoms with van der Waals surface area (Å²) >= 11 is 0. The maximum atomic E-state index is 12.4. The van der Waals surface area contributed by atoms with E-state index in [4.69, 9.17) is 0 Å². The second kappa shape index (κ2) is 5.73. The zero-order valence-electron chi connectivity index (χ0n) is 13.8. The fourth-order valence-electron chi connectivity index (χ4n) is 5.69. The molecule has 4 aliphatic rings. The van der Waals surface area contributed by atoms with Gasteiger partial charge in [0, 0.05) is 24.4 Å². The molecular formula is C19H25N3O. The molecule has 1 amide bonds. The van der Waals surface area contributed by atoms with Crippen LogP contribution >= 0.6 is 0 Å². The zero-order chi connectivity index (χ0) is 15.9. The van der Waals surface area contributed by atoms with Crippen molar-refractivity contribution in [3.63, 3.8) is 0 Å². The van der Waals surface area contributed by atoms with Crippen LogP contribution < -0.4 is 5.43 Å². The third kappa shape index (κ3) is 3.04. The van der Waals surface area contributed by atoms with Gasteiger partial charge in [0.25, 0.3) is 0 Å². The summed E-state index contributed by atoms with van der Waals surface area (Å²) in [6.07, 6.45) is 12.2. The average molecular weight is 311 g/mol. The summed E-state index contributed by atoms with van der Waals surface area (Å²) in [4.78, 5) is 16.4. The van der Waals surface area contributed by atoms with Crippen molar-refractivity contribution in [1.29, 1.82) is 0 Å². The predicted molar refractivity (Wildman–Crippen MR) is 89.8 cm³/mol. The van der Waals surface area contributed by atoms with E-state index in [1.807, 2.05) is 19.1 Å². The summed E-state index contributed by atoms with van der Waals surface area (Å²) in [6, 6.07) is 3.81. The van der Waals surface area contributed by atoms with Crippen molar-refractivity contribution in [2.24, 2.45) is 28.3 Å². The van der Waals surface area contributed by atoms with Gasteiger partial charge >= 0.3 is 0 Å². The molecule has 0 unspecified atom stereocenters. The van der Waals surface area contributed by atoms with Crippen molar-refractivity contribution >= 4 is 11.6 Å². The van der Waals surface area contributed by atoms with Crippen LogP contribution in [0, 0.1) is 23.2 Å². The van der Waals surface area contributed by atoms with E-state index in [-0.39, 0.29) is 11.3 Å². The van der Waals surface area contributed by atoms with Gasteiger partial charge in [-0.05, 0) is 80.8 Å². The number of nitrogens with zero attached hydrogens (tertiary/aromatic N) is 2. The largest absolute Gasteiger partial charge is 0.273 e. The molecule has 122 valence electrons. The number of hydrogen-bond donors (Lipinski definition) is 1. The van der Waals surface area contributed by atoms with Crippen LogP contribution in [0.5, 0.6) is 0 Å². The van der Waals surface area contributed by atoms with E-state index in [2.05, 4.69) is 15.5 Å². The summed E-state index contributed by atoms with van der Waals surface area (Å²) in [5.74, 6) is 2.74. The molecule has 0 aliphatic heterocycles. The maximum Gasteiger partial charge on any atom is 0.240 e. The summed E-state index contributed by atoms with van der Waals surface area (Å²) in [6.45, 7) is 1.92. The molecule has 4 saturated carbocycles. The highest BCUT2D eigenvalue weighted by Crippen LogP contribution is 2.61. The van der Waals surface area contributed by atoms with E-state index >= 15 is 0 Å². The summed E-state index contributed by atoms with van der Waals surface area (Å²) in [7, 11) is 0. The molecule has 1 aromatic rings. The van der Waals surface area contributed by atoms with Crippen LogP contribution in [0.15, 0.2) is 29.6 Å². The van der Waals surface area contributed by atoms with Crippen molar-refractivity contribution in [3.05, 3.63) is 30.1 Å². The molecule has 4 aliphatic carbocycles. The number of amides is 1. The van der Waals surface area contributed by atoms with E-state index in [1.54, 1.807) is 12.4 Å². The molecule has 1 aromatic heterocycles. The number of aromatic nitrogens is 1. The molecule has 0 saturated heterocycles. The Balaban J connectivity index is 1.39. The van der Waals surface area contributed by atoms with Crippen LogP contribution in [0.1, 0.15) is 57.4 Å². The Labute approximate surface area is 137 Å². The number of carbonyl (C=O) groups is 1. The minimum atomic E-state index is 0.0837. The van der Waals surface area contributed by atoms with Crippen LogP contribution in [0.4, 0.5) is 0 Å². The molecule has 4 bridgehead atoms. The molecule has 1 heterocycles. The summed E-state index contributed by atoms with van der Waals surface area (Å²) in [5.41, 5.74) is 4.88. The van der Waals surface area contributed by atoms with E-state index in [1.165, 1.54) is 38.5 Å². The lowest BCUT2D eigenvalue weighted by molar-refractivity contribution is -0.129. The molecule has 4 nitrogen and oxygen atoms in total. The predicted octanol–water partition coefficient (Wildman–Crippen LogP) is 3.53. The first kappa shape index (κ1) is 14.9. The van der Waals surface area contributed by atoms with Crippen molar-refractivity contribution in [1.82, 2.24) is 10.4 Å². The van der Waals surface area contributed by atoms with Gasteiger partial charge in [-0.25, -0.2) is 5.43 Å². The van der Waals surface area contributed by atoms with Gasteiger partial charge in [0.15, 0.2) is 0 Å². The first-order chi connectivity index (χ1) is 11.1.